The van der Waals surface area contributed by atoms with Gasteiger partial charge in [0.25, 0.3) is 0 Å². The predicted molar refractivity (Wildman–Crippen MR) is 38.4 cm³/mol. The standard InChI is InChI=1S/C5H3F9O4S/c6-2(7,3(8,9)10)1-18-4(11,12)5(13,14)19(15,16)17/h1H2,(H,15,16,17). The second kappa shape index (κ2) is 4.66. The molecular weight excluding hydrogens is 327 g/mol. The molecule has 116 valence electrons. The van der Waals surface area contributed by atoms with Crippen molar-refractivity contribution in [2.75, 3.05) is 6.61 Å². The van der Waals surface area contributed by atoms with Crippen LogP contribution in [0.15, 0.2) is 0 Å². The van der Waals surface area contributed by atoms with Crippen LogP contribution < -0.4 is 0 Å². The van der Waals surface area contributed by atoms with E-state index in [2.05, 4.69) is 4.74 Å². The van der Waals surface area contributed by atoms with Gasteiger partial charge in [-0.3, -0.25) is 4.55 Å². The Hall–Kier alpha value is -0.760. The highest BCUT2D eigenvalue weighted by atomic mass is 32.2. The Morgan fingerprint density at radius 2 is 1.26 bits per heavy atom. The summed E-state index contributed by atoms with van der Waals surface area (Å²) in [5.74, 6) is -5.92. The lowest BCUT2D eigenvalue weighted by Gasteiger charge is -2.26. The quantitative estimate of drug-likeness (QED) is 0.620. The van der Waals surface area contributed by atoms with Crippen LogP contribution in [-0.4, -0.2) is 43.0 Å². The predicted octanol–water partition coefficient (Wildman–Crippen LogP) is 2.27. The first-order valence-electron chi connectivity index (χ1n) is 3.77. The van der Waals surface area contributed by atoms with Crippen LogP contribution in [0.4, 0.5) is 39.5 Å². The number of alkyl halides is 9. The van der Waals surface area contributed by atoms with Crippen molar-refractivity contribution in [3.05, 3.63) is 0 Å². The summed E-state index contributed by atoms with van der Waals surface area (Å²) in [6.45, 7) is -3.27. The highest BCUT2D eigenvalue weighted by Gasteiger charge is 2.69. The van der Waals surface area contributed by atoms with Gasteiger partial charge in [-0.05, 0) is 0 Å². The van der Waals surface area contributed by atoms with E-state index in [1.165, 1.54) is 0 Å². The topological polar surface area (TPSA) is 63.6 Å². The lowest BCUT2D eigenvalue weighted by molar-refractivity contribution is -0.363. The Morgan fingerprint density at radius 3 is 1.53 bits per heavy atom. The Kier molecular flexibility index (Phi) is 4.47. The summed E-state index contributed by atoms with van der Waals surface area (Å²) in [4.78, 5) is 0. The minimum atomic E-state index is -6.80. The maximum absolute atomic E-state index is 12.4. The van der Waals surface area contributed by atoms with Gasteiger partial charge in [0.05, 0.1) is 0 Å². The van der Waals surface area contributed by atoms with Crippen molar-refractivity contribution >= 4 is 10.1 Å². The van der Waals surface area contributed by atoms with Crippen LogP contribution in [0.3, 0.4) is 0 Å². The highest BCUT2D eigenvalue weighted by molar-refractivity contribution is 7.86. The van der Waals surface area contributed by atoms with E-state index in [1.54, 1.807) is 0 Å². The van der Waals surface area contributed by atoms with Crippen LogP contribution in [0.5, 0.6) is 0 Å². The van der Waals surface area contributed by atoms with Gasteiger partial charge in [-0.2, -0.15) is 47.9 Å². The van der Waals surface area contributed by atoms with Gasteiger partial charge in [0.2, 0.25) is 0 Å². The number of hydrogen-bond acceptors (Lipinski definition) is 3. The summed E-state index contributed by atoms with van der Waals surface area (Å²) in [5.41, 5.74) is 0. The minimum absolute atomic E-state index is 2.32. The van der Waals surface area contributed by atoms with Gasteiger partial charge < -0.3 is 4.74 Å². The molecule has 0 aliphatic carbocycles. The van der Waals surface area contributed by atoms with Gasteiger partial charge >= 0.3 is 33.6 Å². The Labute approximate surface area is 98.4 Å². The smallest absolute Gasteiger partial charge is 0.308 e. The number of ether oxygens (including phenoxy) is 1. The van der Waals surface area contributed by atoms with Crippen LogP contribution in [0.2, 0.25) is 0 Å². The van der Waals surface area contributed by atoms with Crippen LogP contribution in [0, 0.1) is 0 Å². The zero-order valence-corrected chi connectivity index (χ0v) is 9.01. The third-order valence-electron chi connectivity index (χ3n) is 1.51. The first kappa shape index (κ1) is 18.2. The molecule has 0 unspecified atom stereocenters. The maximum atomic E-state index is 12.4. The van der Waals surface area contributed by atoms with E-state index in [0.717, 1.165) is 0 Å². The molecule has 14 heteroatoms. The van der Waals surface area contributed by atoms with Gasteiger partial charge in [-0.25, -0.2) is 0 Å². The molecule has 19 heavy (non-hydrogen) atoms. The van der Waals surface area contributed by atoms with E-state index in [-0.39, 0.29) is 0 Å². The van der Waals surface area contributed by atoms with Crippen LogP contribution >= 0.6 is 0 Å². The van der Waals surface area contributed by atoms with Gasteiger partial charge in [0.15, 0.2) is 0 Å². The number of rotatable bonds is 5. The lowest BCUT2D eigenvalue weighted by atomic mass is 10.3. The molecule has 0 rings (SSSR count). The molecule has 0 aromatic heterocycles. The molecule has 0 saturated carbocycles. The van der Waals surface area contributed by atoms with Crippen molar-refractivity contribution in [1.82, 2.24) is 0 Å². The summed E-state index contributed by atoms with van der Waals surface area (Å²) >= 11 is 0. The van der Waals surface area contributed by atoms with Crippen molar-refractivity contribution in [2.45, 2.75) is 23.5 Å². The fourth-order valence-corrected chi connectivity index (χ4v) is 0.857. The lowest BCUT2D eigenvalue weighted by Crippen LogP contribution is -2.51. The van der Waals surface area contributed by atoms with Gasteiger partial charge in [0.1, 0.15) is 6.61 Å². The average Bonchev–Trinajstić information content (AvgIpc) is 2.11. The summed E-state index contributed by atoms with van der Waals surface area (Å²) in [7, 11) is -6.80. The molecule has 0 heterocycles. The van der Waals surface area contributed by atoms with E-state index in [4.69, 9.17) is 4.55 Å². The van der Waals surface area contributed by atoms with Crippen molar-refractivity contribution in [3.8, 4) is 0 Å². The molecule has 0 aromatic carbocycles. The van der Waals surface area contributed by atoms with E-state index in [9.17, 15) is 47.9 Å². The molecule has 0 aliphatic heterocycles. The first-order chi connectivity index (χ1) is 7.96. The molecule has 0 fully saturated rings. The summed E-state index contributed by atoms with van der Waals surface area (Å²) in [5, 5.41) is -6.40. The van der Waals surface area contributed by atoms with Crippen LogP contribution in [-0.2, 0) is 14.9 Å². The fraction of sp³-hybridized carbons (Fsp3) is 1.00. The Balaban J connectivity index is 5.12. The molecular formula is C5H3F9O4S. The number of hydrogen-bond donors (Lipinski definition) is 1. The zero-order valence-electron chi connectivity index (χ0n) is 8.19. The van der Waals surface area contributed by atoms with Crippen molar-refractivity contribution in [2.24, 2.45) is 0 Å². The maximum Gasteiger partial charge on any atom is 0.459 e. The molecule has 0 saturated heterocycles. The normalized spacial score (nSPS) is 15.7. The molecule has 0 bridgehead atoms. The molecule has 0 aromatic rings. The Bertz CT molecular complexity index is 424. The summed E-state index contributed by atoms with van der Waals surface area (Å²) in [6.07, 6.45) is -12.7. The molecule has 0 aliphatic rings. The van der Waals surface area contributed by atoms with E-state index < -0.39 is 40.2 Å². The molecule has 0 spiro atoms. The minimum Gasteiger partial charge on any atom is -0.308 e. The fourth-order valence-electron chi connectivity index (χ4n) is 0.497. The van der Waals surface area contributed by atoms with E-state index >= 15 is 0 Å². The summed E-state index contributed by atoms with van der Waals surface area (Å²) in [6, 6.07) is 0. The largest absolute Gasteiger partial charge is 0.459 e. The Morgan fingerprint density at radius 1 is 0.895 bits per heavy atom. The molecule has 4 nitrogen and oxygen atoms in total. The third-order valence-corrected chi connectivity index (χ3v) is 2.40. The summed E-state index contributed by atoms with van der Waals surface area (Å²) < 4.78 is 138. The second-order valence-electron chi connectivity index (χ2n) is 3.00. The monoisotopic (exact) mass is 330 g/mol. The molecule has 0 radical (unpaired) electrons. The van der Waals surface area contributed by atoms with E-state index in [1.807, 2.05) is 0 Å². The van der Waals surface area contributed by atoms with Gasteiger partial charge in [-0.15, -0.1) is 0 Å². The van der Waals surface area contributed by atoms with Crippen molar-refractivity contribution < 1.29 is 57.2 Å². The van der Waals surface area contributed by atoms with Gasteiger partial charge in [-0.1, -0.05) is 0 Å². The van der Waals surface area contributed by atoms with Crippen LogP contribution in [0.25, 0.3) is 0 Å². The van der Waals surface area contributed by atoms with Crippen molar-refractivity contribution in [1.29, 1.82) is 0 Å². The van der Waals surface area contributed by atoms with Gasteiger partial charge in [0, 0.05) is 0 Å². The highest BCUT2D eigenvalue weighted by Crippen LogP contribution is 2.42. The molecule has 0 atom stereocenters. The average molecular weight is 330 g/mol. The SMILES string of the molecule is O=S(=O)(O)C(F)(F)C(F)(F)OCC(F)(F)C(F)(F)F. The van der Waals surface area contributed by atoms with Crippen LogP contribution in [0.1, 0.15) is 0 Å². The number of halogens is 9. The molecule has 0 amide bonds. The van der Waals surface area contributed by atoms with E-state index in [0.29, 0.717) is 0 Å². The zero-order chi connectivity index (χ0) is 15.9. The van der Waals surface area contributed by atoms with Crippen molar-refractivity contribution in [3.63, 3.8) is 0 Å². The second-order valence-corrected chi connectivity index (χ2v) is 4.46. The molecule has 1 N–H and O–H groups in total. The third kappa shape index (κ3) is 3.62. The first-order valence-corrected chi connectivity index (χ1v) is 5.21.